The summed E-state index contributed by atoms with van der Waals surface area (Å²) >= 11 is 0. The van der Waals surface area contributed by atoms with E-state index in [1.54, 1.807) is 11.1 Å². The fraction of sp³-hybridized carbons (Fsp3) is 0.529. The van der Waals surface area contributed by atoms with Crippen molar-refractivity contribution in [2.75, 3.05) is 44.8 Å². The highest BCUT2D eigenvalue weighted by Crippen LogP contribution is 2.24. The molecule has 0 aliphatic carbocycles. The molecular formula is C17H21N5O4. The van der Waals surface area contributed by atoms with Crippen molar-refractivity contribution in [1.29, 1.82) is 0 Å². The molecule has 138 valence electrons. The summed E-state index contributed by atoms with van der Waals surface area (Å²) in [4.78, 5) is 25.5. The number of carbonyl (C=O) groups excluding carboxylic acids is 1. The number of hydrogen-bond donors (Lipinski definition) is 0. The molecular weight excluding hydrogens is 338 g/mol. The van der Waals surface area contributed by atoms with Gasteiger partial charge in [0.1, 0.15) is 6.10 Å². The van der Waals surface area contributed by atoms with Crippen LogP contribution in [0.2, 0.25) is 0 Å². The summed E-state index contributed by atoms with van der Waals surface area (Å²) in [6.07, 6.45) is 3.79. The molecule has 2 aliphatic rings. The maximum atomic E-state index is 12.6. The molecule has 9 nitrogen and oxygen atoms in total. The molecule has 0 radical (unpaired) electrons. The summed E-state index contributed by atoms with van der Waals surface area (Å²) in [7, 11) is 1.48. The molecule has 0 N–H and O–H groups in total. The molecule has 2 aromatic rings. The summed E-state index contributed by atoms with van der Waals surface area (Å²) in [5.74, 6) is 0.933. The minimum Gasteiger partial charge on any atom is -0.479 e. The fourth-order valence-corrected chi connectivity index (χ4v) is 3.24. The molecule has 26 heavy (non-hydrogen) atoms. The van der Waals surface area contributed by atoms with Crippen LogP contribution in [0.5, 0.6) is 5.88 Å². The fourth-order valence-electron chi connectivity index (χ4n) is 3.24. The summed E-state index contributed by atoms with van der Waals surface area (Å²) in [5.41, 5.74) is 0.787. The Bertz CT molecular complexity index is 774. The number of amides is 1. The van der Waals surface area contributed by atoms with Gasteiger partial charge in [0.15, 0.2) is 0 Å². The maximum Gasteiger partial charge on any atom is 0.292 e. The van der Waals surface area contributed by atoms with Crippen LogP contribution in [-0.4, -0.2) is 65.8 Å². The monoisotopic (exact) mass is 359 g/mol. The highest BCUT2D eigenvalue weighted by molar-refractivity contribution is 5.91. The molecule has 1 amide bonds. The molecule has 1 atom stereocenters. The molecule has 2 saturated heterocycles. The normalized spacial score (nSPS) is 20.4. The molecule has 0 saturated carbocycles. The van der Waals surface area contributed by atoms with Crippen LogP contribution in [0.25, 0.3) is 0 Å². The second kappa shape index (κ2) is 7.28. The number of anilines is 1. The Morgan fingerprint density at radius 3 is 2.92 bits per heavy atom. The lowest BCUT2D eigenvalue weighted by atomic mass is 10.2. The number of methoxy groups -OCH3 is 1. The van der Waals surface area contributed by atoms with Gasteiger partial charge in [0, 0.05) is 25.8 Å². The van der Waals surface area contributed by atoms with Crippen molar-refractivity contribution in [3.8, 4) is 5.88 Å². The van der Waals surface area contributed by atoms with Crippen molar-refractivity contribution < 1.29 is 18.8 Å². The van der Waals surface area contributed by atoms with Gasteiger partial charge >= 0.3 is 0 Å². The van der Waals surface area contributed by atoms with E-state index in [1.807, 2.05) is 6.07 Å². The van der Waals surface area contributed by atoms with E-state index in [0.29, 0.717) is 19.7 Å². The first-order chi connectivity index (χ1) is 12.7. The first kappa shape index (κ1) is 16.8. The second-order valence-corrected chi connectivity index (χ2v) is 6.32. The summed E-state index contributed by atoms with van der Waals surface area (Å²) < 4.78 is 15.9. The minimum atomic E-state index is -0.290. The van der Waals surface area contributed by atoms with E-state index in [9.17, 15) is 4.79 Å². The summed E-state index contributed by atoms with van der Waals surface area (Å²) in [5, 5.41) is 3.68. The Hall–Kier alpha value is -2.68. The molecule has 9 heteroatoms. The van der Waals surface area contributed by atoms with Crippen molar-refractivity contribution in [3.05, 3.63) is 29.8 Å². The highest BCUT2D eigenvalue weighted by Gasteiger charge is 2.29. The van der Waals surface area contributed by atoms with Crippen molar-refractivity contribution in [2.45, 2.75) is 18.9 Å². The number of aromatic nitrogens is 3. The average molecular weight is 359 g/mol. The van der Waals surface area contributed by atoms with Crippen LogP contribution in [0.15, 0.2) is 22.9 Å². The Kier molecular flexibility index (Phi) is 4.70. The van der Waals surface area contributed by atoms with Crippen molar-refractivity contribution in [3.63, 3.8) is 0 Å². The predicted molar refractivity (Wildman–Crippen MR) is 91.1 cm³/mol. The smallest absolute Gasteiger partial charge is 0.292 e. The molecule has 2 fully saturated rings. The lowest BCUT2D eigenvalue weighted by Gasteiger charge is -2.32. The minimum absolute atomic E-state index is 0.156. The van der Waals surface area contributed by atoms with Crippen LogP contribution < -0.4 is 9.64 Å². The van der Waals surface area contributed by atoms with Gasteiger partial charge in [0.2, 0.25) is 11.7 Å². The Labute approximate surface area is 150 Å². The maximum absolute atomic E-state index is 12.6. The van der Waals surface area contributed by atoms with Crippen molar-refractivity contribution >= 4 is 11.9 Å². The van der Waals surface area contributed by atoms with Gasteiger partial charge < -0.3 is 23.8 Å². The van der Waals surface area contributed by atoms with E-state index in [0.717, 1.165) is 37.6 Å². The van der Waals surface area contributed by atoms with Crippen molar-refractivity contribution in [2.24, 2.45) is 0 Å². The lowest BCUT2D eigenvalue weighted by molar-refractivity contribution is -0.0258. The molecule has 2 aromatic heterocycles. The number of morpholine rings is 1. The van der Waals surface area contributed by atoms with Crippen LogP contribution in [0, 0.1) is 0 Å². The molecule has 0 bridgehead atoms. The van der Waals surface area contributed by atoms with Crippen LogP contribution in [0.1, 0.15) is 35.2 Å². The third-order valence-electron chi connectivity index (χ3n) is 4.65. The van der Waals surface area contributed by atoms with Gasteiger partial charge in [-0.15, -0.1) is 0 Å². The van der Waals surface area contributed by atoms with E-state index in [1.165, 1.54) is 13.2 Å². The number of carbonyl (C=O) groups is 1. The van der Waals surface area contributed by atoms with E-state index in [2.05, 4.69) is 20.0 Å². The third-order valence-corrected chi connectivity index (χ3v) is 4.65. The number of rotatable bonds is 4. The largest absolute Gasteiger partial charge is 0.479 e. The zero-order chi connectivity index (χ0) is 17.9. The predicted octanol–water partition coefficient (Wildman–Crippen LogP) is 1.29. The topological polar surface area (TPSA) is 93.8 Å². The van der Waals surface area contributed by atoms with Gasteiger partial charge in [-0.1, -0.05) is 0 Å². The zero-order valence-corrected chi connectivity index (χ0v) is 14.6. The van der Waals surface area contributed by atoms with Gasteiger partial charge in [0.05, 0.1) is 32.0 Å². The molecule has 1 unspecified atom stereocenters. The van der Waals surface area contributed by atoms with Gasteiger partial charge in [-0.2, -0.15) is 0 Å². The van der Waals surface area contributed by atoms with Crippen LogP contribution >= 0.6 is 0 Å². The van der Waals surface area contributed by atoms with Crippen LogP contribution in [0.4, 0.5) is 5.95 Å². The van der Waals surface area contributed by atoms with Gasteiger partial charge in [-0.05, 0) is 24.1 Å². The Morgan fingerprint density at radius 2 is 2.15 bits per heavy atom. The van der Waals surface area contributed by atoms with E-state index in [4.69, 9.17) is 14.0 Å². The Morgan fingerprint density at radius 1 is 1.31 bits per heavy atom. The van der Waals surface area contributed by atoms with Gasteiger partial charge in [-0.25, -0.2) is 9.97 Å². The first-order valence-electron chi connectivity index (χ1n) is 8.74. The van der Waals surface area contributed by atoms with Crippen molar-refractivity contribution in [1.82, 2.24) is 20.0 Å². The quantitative estimate of drug-likeness (QED) is 0.806. The van der Waals surface area contributed by atoms with E-state index in [-0.39, 0.29) is 23.7 Å². The molecule has 0 aromatic carbocycles. The van der Waals surface area contributed by atoms with E-state index >= 15 is 0 Å². The number of nitrogens with zero attached hydrogens (tertiary/aromatic N) is 5. The van der Waals surface area contributed by atoms with Crippen LogP contribution in [0.3, 0.4) is 0 Å². The first-order valence-corrected chi connectivity index (χ1v) is 8.74. The van der Waals surface area contributed by atoms with Gasteiger partial charge in [-0.3, -0.25) is 4.79 Å². The van der Waals surface area contributed by atoms with Crippen LogP contribution in [-0.2, 0) is 4.74 Å². The summed E-state index contributed by atoms with van der Waals surface area (Å²) in [6.45, 7) is 3.28. The third kappa shape index (κ3) is 3.34. The Balaban J connectivity index is 1.48. The zero-order valence-electron chi connectivity index (χ0n) is 14.6. The second-order valence-electron chi connectivity index (χ2n) is 6.32. The standard InChI is InChI=1S/C17H21N5O4/c1-24-15-10-13(26-20-15)16(23)22-8-9-25-14(11-22)12-4-5-18-17(19-12)21-6-2-3-7-21/h4-5,10,14H,2-3,6-9,11H2,1H3. The lowest BCUT2D eigenvalue weighted by Crippen LogP contribution is -2.42. The van der Waals surface area contributed by atoms with E-state index < -0.39 is 0 Å². The number of hydrogen-bond acceptors (Lipinski definition) is 8. The van der Waals surface area contributed by atoms with Gasteiger partial charge in [0.25, 0.3) is 11.8 Å². The highest BCUT2D eigenvalue weighted by atomic mass is 16.5. The SMILES string of the molecule is COc1cc(C(=O)N2CCOC(c3ccnc(N4CCCC4)n3)C2)on1. The molecule has 0 spiro atoms. The molecule has 2 aliphatic heterocycles. The molecule has 4 heterocycles. The number of ether oxygens (including phenoxy) is 2. The molecule has 4 rings (SSSR count). The summed E-state index contributed by atoms with van der Waals surface area (Å²) in [6, 6.07) is 3.33. The average Bonchev–Trinajstić information content (AvgIpc) is 3.39.